The van der Waals surface area contributed by atoms with Crippen LogP contribution in [0.1, 0.15) is 18.4 Å². The summed E-state index contributed by atoms with van der Waals surface area (Å²) in [6.07, 6.45) is 6.57. The highest BCUT2D eigenvalue weighted by molar-refractivity contribution is 5.09. The average Bonchev–Trinajstić information content (AvgIpc) is 2.72. The summed E-state index contributed by atoms with van der Waals surface area (Å²) in [6, 6.07) is 4.62. The van der Waals surface area contributed by atoms with Crippen molar-refractivity contribution in [2.24, 2.45) is 0 Å². The van der Waals surface area contributed by atoms with Crippen LogP contribution in [-0.2, 0) is 16.0 Å². The van der Waals surface area contributed by atoms with Crippen molar-refractivity contribution in [1.82, 2.24) is 9.88 Å². The Balaban J connectivity index is 1.75. The molecule has 2 bridgehead atoms. The average molecular weight is 248 g/mol. The molecule has 1 aliphatic heterocycles. The summed E-state index contributed by atoms with van der Waals surface area (Å²) in [7, 11) is 1.80. The molecule has 3 unspecified atom stereocenters. The summed E-state index contributed by atoms with van der Waals surface area (Å²) in [5, 5.41) is 0. The van der Waals surface area contributed by atoms with Crippen LogP contribution in [0.5, 0.6) is 0 Å². The maximum Gasteiger partial charge on any atom is 0.0987 e. The van der Waals surface area contributed by atoms with Gasteiger partial charge in [-0.15, -0.1) is 0 Å². The van der Waals surface area contributed by atoms with Gasteiger partial charge in [-0.2, -0.15) is 0 Å². The van der Waals surface area contributed by atoms with E-state index in [1.54, 1.807) is 7.11 Å². The van der Waals surface area contributed by atoms with Crippen LogP contribution in [0, 0.1) is 0 Å². The van der Waals surface area contributed by atoms with E-state index in [-0.39, 0.29) is 6.10 Å². The van der Waals surface area contributed by atoms with E-state index in [9.17, 15) is 0 Å². The topological polar surface area (TPSA) is 34.6 Å². The van der Waals surface area contributed by atoms with Gasteiger partial charge in [-0.1, -0.05) is 6.07 Å². The van der Waals surface area contributed by atoms with Gasteiger partial charge < -0.3 is 9.47 Å². The molecule has 2 heterocycles. The monoisotopic (exact) mass is 248 g/mol. The first-order valence-corrected chi connectivity index (χ1v) is 6.66. The normalized spacial score (nSPS) is 32.4. The van der Waals surface area contributed by atoms with E-state index in [4.69, 9.17) is 9.47 Å². The van der Waals surface area contributed by atoms with Crippen molar-refractivity contribution >= 4 is 0 Å². The molecule has 0 N–H and O–H groups in total. The number of fused-ring (bicyclic) bond motifs is 2. The molecular formula is C14H20N2O2. The Labute approximate surface area is 108 Å². The summed E-state index contributed by atoms with van der Waals surface area (Å²) >= 11 is 0. The van der Waals surface area contributed by atoms with Crippen LogP contribution < -0.4 is 0 Å². The third-order valence-electron chi connectivity index (χ3n) is 4.05. The van der Waals surface area contributed by atoms with E-state index in [0.29, 0.717) is 12.1 Å². The summed E-state index contributed by atoms with van der Waals surface area (Å²) in [4.78, 5) is 6.67. The number of rotatable bonds is 3. The predicted octanol–water partition coefficient (Wildman–Crippen LogP) is 1.46. The van der Waals surface area contributed by atoms with Crippen molar-refractivity contribution in [3.63, 3.8) is 0 Å². The lowest BCUT2D eigenvalue weighted by atomic mass is 10.1. The summed E-state index contributed by atoms with van der Waals surface area (Å²) in [6.45, 7) is 2.73. The smallest absolute Gasteiger partial charge is 0.0987 e. The first kappa shape index (κ1) is 12.1. The summed E-state index contributed by atoms with van der Waals surface area (Å²) in [5.41, 5.74) is 1.26. The fraction of sp³-hybridized carbons (Fsp3) is 0.643. The van der Waals surface area contributed by atoms with Gasteiger partial charge >= 0.3 is 0 Å². The highest BCUT2D eigenvalue weighted by Gasteiger charge is 2.42. The summed E-state index contributed by atoms with van der Waals surface area (Å²) in [5.74, 6) is 0. The van der Waals surface area contributed by atoms with Crippen LogP contribution in [0.4, 0.5) is 0 Å². The zero-order valence-electron chi connectivity index (χ0n) is 10.8. The molecule has 1 saturated heterocycles. The molecule has 4 nitrogen and oxygen atoms in total. The van der Waals surface area contributed by atoms with E-state index in [1.807, 2.05) is 18.5 Å². The van der Waals surface area contributed by atoms with Crippen LogP contribution in [0.2, 0.25) is 0 Å². The van der Waals surface area contributed by atoms with Crippen molar-refractivity contribution in [3.05, 3.63) is 30.1 Å². The number of pyridine rings is 1. The fourth-order valence-electron chi connectivity index (χ4n) is 3.20. The molecule has 2 fully saturated rings. The first-order chi connectivity index (χ1) is 8.88. The third-order valence-corrected chi connectivity index (χ3v) is 4.05. The highest BCUT2D eigenvalue weighted by atomic mass is 16.5. The molecule has 18 heavy (non-hydrogen) atoms. The van der Waals surface area contributed by atoms with Gasteiger partial charge in [-0.25, -0.2) is 0 Å². The summed E-state index contributed by atoms with van der Waals surface area (Å²) < 4.78 is 11.5. The standard InChI is InChI=1S/C14H20N2O2/c1-17-14-12-4-5-13(14)18-8-7-16(12)10-11-3-2-6-15-9-11/h2-3,6,9,12-14H,4-5,7-8,10H2,1H3. The van der Waals surface area contributed by atoms with Gasteiger partial charge in [0.2, 0.25) is 0 Å². The molecule has 1 saturated carbocycles. The molecule has 1 aromatic rings. The van der Waals surface area contributed by atoms with Gasteiger partial charge in [-0.3, -0.25) is 9.88 Å². The number of ether oxygens (including phenoxy) is 2. The Kier molecular flexibility index (Phi) is 3.59. The van der Waals surface area contributed by atoms with Gasteiger partial charge in [0.15, 0.2) is 0 Å². The Hall–Kier alpha value is -0.970. The van der Waals surface area contributed by atoms with Crippen molar-refractivity contribution in [3.8, 4) is 0 Å². The highest BCUT2D eigenvalue weighted by Crippen LogP contribution is 2.32. The largest absolute Gasteiger partial charge is 0.377 e. The minimum Gasteiger partial charge on any atom is -0.377 e. The van der Waals surface area contributed by atoms with Crippen molar-refractivity contribution in [1.29, 1.82) is 0 Å². The van der Waals surface area contributed by atoms with Crippen molar-refractivity contribution in [2.45, 2.75) is 37.6 Å². The molecule has 3 rings (SSSR count). The van der Waals surface area contributed by atoms with E-state index in [2.05, 4.69) is 16.0 Å². The van der Waals surface area contributed by atoms with Crippen molar-refractivity contribution < 1.29 is 9.47 Å². The van der Waals surface area contributed by atoms with Gasteiger partial charge in [0.05, 0.1) is 18.8 Å². The van der Waals surface area contributed by atoms with Gasteiger partial charge in [0.25, 0.3) is 0 Å². The van der Waals surface area contributed by atoms with Crippen LogP contribution in [0.25, 0.3) is 0 Å². The molecule has 2 aliphatic rings. The second-order valence-corrected chi connectivity index (χ2v) is 5.09. The molecule has 98 valence electrons. The molecule has 4 heteroatoms. The minimum absolute atomic E-state index is 0.226. The second-order valence-electron chi connectivity index (χ2n) is 5.09. The lowest BCUT2D eigenvalue weighted by Gasteiger charge is -2.30. The number of nitrogens with zero attached hydrogens (tertiary/aromatic N) is 2. The molecule has 0 spiro atoms. The number of aromatic nitrogens is 1. The second kappa shape index (κ2) is 5.34. The van der Waals surface area contributed by atoms with Crippen LogP contribution in [-0.4, -0.2) is 48.4 Å². The molecule has 1 aromatic heterocycles. The van der Waals surface area contributed by atoms with Gasteiger partial charge in [0.1, 0.15) is 0 Å². The Morgan fingerprint density at radius 2 is 2.44 bits per heavy atom. The fourth-order valence-corrected chi connectivity index (χ4v) is 3.20. The SMILES string of the molecule is COC1C2CCC1N(Cc1cccnc1)CCO2. The van der Waals surface area contributed by atoms with Crippen LogP contribution >= 0.6 is 0 Å². The van der Waals surface area contributed by atoms with E-state index in [1.165, 1.54) is 12.0 Å². The molecule has 0 radical (unpaired) electrons. The number of hydrogen-bond acceptors (Lipinski definition) is 4. The first-order valence-electron chi connectivity index (χ1n) is 6.66. The van der Waals surface area contributed by atoms with Crippen LogP contribution in [0.3, 0.4) is 0 Å². The molecular weight excluding hydrogens is 228 g/mol. The Morgan fingerprint density at radius 3 is 3.22 bits per heavy atom. The molecule has 0 aromatic carbocycles. The number of methoxy groups -OCH3 is 1. The molecule has 0 amide bonds. The minimum atomic E-state index is 0.226. The Morgan fingerprint density at radius 1 is 1.50 bits per heavy atom. The molecule has 3 atom stereocenters. The van der Waals surface area contributed by atoms with Gasteiger partial charge in [-0.05, 0) is 24.5 Å². The van der Waals surface area contributed by atoms with E-state index < -0.39 is 0 Å². The number of hydrogen-bond donors (Lipinski definition) is 0. The zero-order valence-corrected chi connectivity index (χ0v) is 10.8. The maximum absolute atomic E-state index is 5.88. The molecule has 1 aliphatic carbocycles. The maximum atomic E-state index is 5.88. The Bertz CT molecular complexity index is 385. The lowest BCUT2D eigenvalue weighted by molar-refractivity contribution is -0.0326. The van der Waals surface area contributed by atoms with Crippen LogP contribution in [0.15, 0.2) is 24.5 Å². The van der Waals surface area contributed by atoms with Gasteiger partial charge in [0, 0.05) is 38.6 Å². The zero-order chi connectivity index (χ0) is 12.4. The quantitative estimate of drug-likeness (QED) is 0.811. The third kappa shape index (κ3) is 2.28. The van der Waals surface area contributed by atoms with Crippen molar-refractivity contribution in [2.75, 3.05) is 20.3 Å². The lowest BCUT2D eigenvalue weighted by Crippen LogP contribution is -2.42. The van der Waals surface area contributed by atoms with E-state index in [0.717, 1.165) is 26.1 Å². The van der Waals surface area contributed by atoms with E-state index >= 15 is 0 Å². The predicted molar refractivity (Wildman–Crippen MR) is 68.2 cm³/mol.